The second-order valence-corrected chi connectivity index (χ2v) is 9.80. The Labute approximate surface area is 200 Å². The SMILES string of the molecule is Cc1ccc(-c2noc(CN3CCC(C(=O)NCCSCc4ccccc4C)CC3)n2)cc1. The van der Waals surface area contributed by atoms with Gasteiger partial charge in [-0.1, -0.05) is 59.3 Å². The highest BCUT2D eigenvalue weighted by molar-refractivity contribution is 7.98. The van der Waals surface area contributed by atoms with E-state index in [1.165, 1.54) is 16.7 Å². The number of rotatable bonds is 9. The molecule has 0 aliphatic carbocycles. The molecule has 0 radical (unpaired) electrons. The molecular weight excluding hydrogens is 432 g/mol. The van der Waals surface area contributed by atoms with E-state index in [4.69, 9.17) is 4.52 Å². The maximum absolute atomic E-state index is 12.6. The summed E-state index contributed by atoms with van der Waals surface area (Å²) in [5, 5.41) is 7.24. The van der Waals surface area contributed by atoms with Gasteiger partial charge in [-0.05, 0) is 50.9 Å². The number of hydrogen-bond acceptors (Lipinski definition) is 6. The lowest BCUT2D eigenvalue weighted by molar-refractivity contribution is -0.126. The molecule has 1 amide bonds. The highest BCUT2D eigenvalue weighted by Gasteiger charge is 2.25. The number of thioether (sulfide) groups is 1. The number of nitrogens with one attached hydrogen (secondary N) is 1. The first kappa shape index (κ1) is 23.5. The summed E-state index contributed by atoms with van der Waals surface area (Å²) in [6.07, 6.45) is 1.72. The zero-order chi connectivity index (χ0) is 23.0. The lowest BCUT2D eigenvalue weighted by Crippen LogP contribution is -2.40. The van der Waals surface area contributed by atoms with Crippen molar-refractivity contribution in [1.82, 2.24) is 20.4 Å². The summed E-state index contributed by atoms with van der Waals surface area (Å²) in [4.78, 5) is 19.4. The molecule has 1 aliphatic rings. The van der Waals surface area contributed by atoms with E-state index in [9.17, 15) is 4.79 Å². The number of aryl methyl sites for hydroxylation is 2. The van der Waals surface area contributed by atoms with Crippen LogP contribution in [0.5, 0.6) is 0 Å². The van der Waals surface area contributed by atoms with E-state index in [2.05, 4.69) is 58.5 Å². The van der Waals surface area contributed by atoms with Gasteiger partial charge >= 0.3 is 0 Å². The van der Waals surface area contributed by atoms with Crippen LogP contribution in [0.3, 0.4) is 0 Å². The number of aromatic nitrogens is 2. The van der Waals surface area contributed by atoms with E-state index < -0.39 is 0 Å². The summed E-state index contributed by atoms with van der Waals surface area (Å²) in [6, 6.07) is 16.6. The minimum atomic E-state index is 0.0911. The first-order valence-electron chi connectivity index (χ1n) is 11.6. The van der Waals surface area contributed by atoms with Crippen molar-refractivity contribution >= 4 is 17.7 Å². The van der Waals surface area contributed by atoms with E-state index in [1.54, 1.807) is 0 Å². The van der Waals surface area contributed by atoms with Crippen LogP contribution >= 0.6 is 11.8 Å². The third-order valence-corrected chi connectivity index (χ3v) is 7.17. The number of piperidine rings is 1. The first-order valence-corrected chi connectivity index (χ1v) is 12.8. The molecule has 0 saturated carbocycles. The van der Waals surface area contributed by atoms with Crippen molar-refractivity contribution in [2.24, 2.45) is 5.92 Å². The highest BCUT2D eigenvalue weighted by atomic mass is 32.2. The second-order valence-electron chi connectivity index (χ2n) is 8.70. The Kier molecular flexibility index (Phi) is 8.18. The van der Waals surface area contributed by atoms with Crippen molar-refractivity contribution in [3.8, 4) is 11.4 Å². The zero-order valence-corrected chi connectivity index (χ0v) is 20.2. The lowest BCUT2D eigenvalue weighted by atomic mass is 9.96. The number of carbonyl (C=O) groups excluding carboxylic acids is 1. The molecule has 1 aromatic heterocycles. The summed E-state index contributed by atoms with van der Waals surface area (Å²) < 4.78 is 5.46. The Balaban J connectivity index is 1.14. The molecule has 1 saturated heterocycles. The van der Waals surface area contributed by atoms with Crippen LogP contribution in [0.25, 0.3) is 11.4 Å². The maximum Gasteiger partial charge on any atom is 0.241 e. The van der Waals surface area contributed by atoms with E-state index in [0.717, 1.165) is 49.5 Å². The molecule has 2 aromatic carbocycles. The Morgan fingerprint density at radius 3 is 2.64 bits per heavy atom. The van der Waals surface area contributed by atoms with Gasteiger partial charge in [-0.15, -0.1) is 0 Å². The molecule has 1 N–H and O–H groups in total. The average molecular weight is 465 g/mol. The van der Waals surface area contributed by atoms with Gasteiger partial charge in [0.15, 0.2) is 0 Å². The Morgan fingerprint density at radius 1 is 1.12 bits per heavy atom. The molecule has 0 bridgehead atoms. The number of likely N-dealkylation sites (tertiary alicyclic amines) is 1. The van der Waals surface area contributed by atoms with Crippen LogP contribution in [0.4, 0.5) is 0 Å². The van der Waals surface area contributed by atoms with E-state index in [-0.39, 0.29) is 11.8 Å². The molecule has 174 valence electrons. The number of nitrogens with zero attached hydrogens (tertiary/aromatic N) is 3. The van der Waals surface area contributed by atoms with Crippen molar-refractivity contribution in [3.05, 3.63) is 71.1 Å². The van der Waals surface area contributed by atoms with Crippen LogP contribution < -0.4 is 5.32 Å². The van der Waals surface area contributed by atoms with Gasteiger partial charge in [-0.2, -0.15) is 16.7 Å². The largest absolute Gasteiger partial charge is 0.355 e. The smallest absolute Gasteiger partial charge is 0.241 e. The first-order chi connectivity index (χ1) is 16.1. The summed E-state index contributed by atoms with van der Waals surface area (Å²) in [5.41, 5.74) is 4.86. The average Bonchev–Trinajstić information content (AvgIpc) is 3.29. The molecule has 0 atom stereocenters. The van der Waals surface area contributed by atoms with Crippen molar-refractivity contribution in [3.63, 3.8) is 0 Å². The lowest BCUT2D eigenvalue weighted by Gasteiger charge is -2.30. The van der Waals surface area contributed by atoms with Gasteiger partial charge in [0.05, 0.1) is 6.54 Å². The van der Waals surface area contributed by atoms with Gasteiger partial charge in [0, 0.05) is 29.5 Å². The summed E-state index contributed by atoms with van der Waals surface area (Å²) >= 11 is 1.87. The van der Waals surface area contributed by atoms with Crippen LogP contribution in [0.2, 0.25) is 0 Å². The molecule has 2 heterocycles. The number of hydrogen-bond donors (Lipinski definition) is 1. The van der Waals surface area contributed by atoms with Gasteiger partial charge in [0.2, 0.25) is 17.6 Å². The van der Waals surface area contributed by atoms with Crippen molar-refractivity contribution in [2.75, 3.05) is 25.4 Å². The van der Waals surface area contributed by atoms with E-state index >= 15 is 0 Å². The zero-order valence-electron chi connectivity index (χ0n) is 19.4. The number of benzene rings is 2. The van der Waals surface area contributed by atoms with Crippen LogP contribution in [0.1, 0.15) is 35.4 Å². The third-order valence-electron chi connectivity index (χ3n) is 6.16. The molecule has 1 aliphatic heterocycles. The molecule has 0 unspecified atom stereocenters. The van der Waals surface area contributed by atoms with Gasteiger partial charge in [-0.3, -0.25) is 9.69 Å². The Hall–Kier alpha value is -2.64. The predicted octanol–water partition coefficient (Wildman–Crippen LogP) is 4.62. The van der Waals surface area contributed by atoms with Gasteiger partial charge < -0.3 is 9.84 Å². The summed E-state index contributed by atoms with van der Waals surface area (Å²) in [7, 11) is 0. The molecule has 4 rings (SSSR count). The Bertz CT molecular complexity index is 1040. The minimum Gasteiger partial charge on any atom is -0.355 e. The third kappa shape index (κ3) is 6.68. The maximum atomic E-state index is 12.6. The second kappa shape index (κ2) is 11.5. The fourth-order valence-electron chi connectivity index (χ4n) is 4.03. The van der Waals surface area contributed by atoms with Crippen LogP contribution in [0, 0.1) is 19.8 Å². The topological polar surface area (TPSA) is 71.3 Å². The Morgan fingerprint density at radius 2 is 1.88 bits per heavy atom. The predicted molar refractivity (Wildman–Crippen MR) is 133 cm³/mol. The van der Waals surface area contributed by atoms with E-state index in [0.29, 0.717) is 18.3 Å². The molecule has 33 heavy (non-hydrogen) atoms. The molecular formula is C26H32N4O2S. The van der Waals surface area contributed by atoms with Gasteiger partial charge in [0.1, 0.15) is 0 Å². The van der Waals surface area contributed by atoms with Crippen molar-refractivity contribution in [1.29, 1.82) is 0 Å². The molecule has 6 nitrogen and oxygen atoms in total. The summed E-state index contributed by atoms with van der Waals surface area (Å²) in [5.74, 6) is 3.44. The molecule has 1 fully saturated rings. The van der Waals surface area contributed by atoms with E-state index in [1.807, 2.05) is 36.0 Å². The fraction of sp³-hybridized carbons (Fsp3) is 0.423. The van der Waals surface area contributed by atoms with Crippen LogP contribution in [0.15, 0.2) is 53.1 Å². The van der Waals surface area contributed by atoms with Crippen LogP contribution in [-0.2, 0) is 17.1 Å². The van der Waals surface area contributed by atoms with Gasteiger partial charge in [-0.25, -0.2) is 0 Å². The number of carbonyl (C=O) groups is 1. The quantitative estimate of drug-likeness (QED) is 0.466. The molecule has 0 spiro atoms. The van der Waals surface area contributed by atoms with Crippen molar-refractivity contribution in [2.45, 2.75) is 39.0 Å². The minimum absolute atomic E-state index is 0.0911. The highest BCUT2D eigenvalue weighted by Crippen LogP contribution is 2.21. The van der Waals surface area contributed by atoms with Crippen molar-refractivity contribution < 1.29 is 9.32 Å². The summed E-state index contributed by atoms with van der Waals surface area (Å²) in [6.45, 7) is 7.28. The molecule has 3 aromatic rings. The number of amides is 1. The standard InChI is InChI=1S/C26H32N4O2S/c1-19-7-9-21(10-8-19)25-28-24(32-29-25)17-30-14-11-22(12-15-30)26(31)27-13-16-33-18-23-6-4-3-5-20(23)2/h3-10,22H,11-18H2,1-2H3,(H,27,31). The normalized spacial score (nSPS) is 15.0. The molecule has 7 heteroatoms. The monoisotopic (exact) mass is 464 g/mol. The van der Waals surface area contributed by atoms with Crippen LogP contribution in [-0.4, -0.2) is 46.3 Å². The van der Waals surface area contributed by atoms with Gasteiger partial charge in [0.25, 0.3) is 0 Å². The fourth-order valence-corrected chi connectivity index (χ4v) is 4.96.